The molecule has 0 aromatic heterocycles. The summed E-state index contributed by atoms with van der Waals surface area (Å²) in [6, 6.07) is 0. The first kappa shape index (κ1) is 19.4. The topological polar surface area (TPSA) is 52.3 Å². The third-order valence-electron chi connectivity index (χ3n) is 4.20. The molecular formula is C17H35NO2. The summed E-state index contributed by atoms with van der Waals surface area (Å²) in [7, 11) is 1.41. The standard InChI is InChI=1S/C17H35NO2/c1-4-6-7-8-9-10-11-12-13-14-15-17(18,5-2)16(19)20-3/h4-15,18H2,1-3H3. The maximum absolute atomic E-state index is 11.6. The van der Waals surface area contributed by atoms with Gasteiger partial charge in [-0.05, 0) is 12.8 Å². The van der Waals surface area contributed by atoms with E-state index >= 15 is 0 Å². The third-order valence-corrected chi connectivity index (χ3v) is 4.20. The Morgan fingerprint density at radius 2 is 1.35 bits per heavy atom. The van der Waals surface area contributed by atoms with E-state index in [9.17, 15) is 4.79 Å². The molecule has 1 unspecified atom stereocenters. The molecule has 0 aliphatic carbocycles. The van der Waals surface area contributed by atoms with Crippen molar-refractivity contribution in [1.29, 1.82) is 0 Å². The first-order chi connectivity index (χ1) is 9.60. The third kappa shape index (κ3) is 8.57. The predicted octanol–water partition coefficient (Wildman–Crippen LogP) is 4.58. The van der Waals surface area contributed by atoms with E-state index in [1.807, 2.05) is 6.92 Å². The average Bonchev–Trinajstić information content (AvgIpc) is 2.48. The molecule has 0 aliphatic heterocycles. The van der Waals surface area contributed by atoms with Gasteiger partial charge in [-0.2, -0.15) is 0 Å². The summed E-state index contributed by atoms with van der Waals surface area (Å²) in [6.45, 7) is 4.20. The predicted molar refractivity (Wildman–Crippen MR) is 85.7 cm³/mol. The van der Waals surface area contributed by atoms with E-state index in [1.165, 1.54) is 64.9 Å². The van der Waals surface area contributed by atoms with E-state index in [-0.39, 0.29) is 5.97 Å². The second-order valence-electron chi connectivity index (χ2n) is 5.93. The number of hydrogen-bond donors (Lipinski definition) is 1. The van der Waals surface area contributed by atoms with Crippen molar-refractivity contribution in [3.63, 3.8) is 0 Å². The Balaban J connectivity index is 3.49. The van der Waals surface area contributed by atoms with Crippen LogP contribution in [0.15, 0.2) is 0 Å². The molecule has 0 bridgehead atoms. The van der Waals surface area contributed by atoms with E-state index in [0.29, 0.717) is 6.42 Å². The van der Waals surface area contributed by atoms with E-state index in [1.54, 1.807) is 0 Å². The molecule has 0 rings (SSSR count). The van der Waals surface area contributed by atoms with Crippen LogP contribution in [0.3, 0.4) is 0 Å². The van der Waals surface area contributed by atoms with Crippen molar-refractivity contribution in [1.82, 2.24) is 0 Å². The molecule has 0 aromatic rings. The van der Waals surface area contributed by atoms with E-state index < -0.39 is 5.54 Å². The Bertz CT molecular complexity index is 243. The smallest absolute Gasteiger partial charge is 0.325 e. The van der Waals surface area contributed by atoms with Crippen molar-refractivity contribution in [3.05, 3.63) is 0 Å². The lowest BCUT2D eigenvalue weighted by atomic mass is 9.90. The summed E-state index contributed by atoms with van der Waals surface area (Å²) in [5.41, 5.74) is 5.32. The minimum Gasteiger partial charge on any atom is -0.468 e. The summed E-state index contributed by atoms with van der Waals surface area (Å²) in [6.07, 6.45) is 14.4. The van der Waals surface area contributed by atoms with Gasteiger partial charge < -0.3 is 10.5 Å². The molecule has 0 aliphatic rings. The Morgan fingerprint density at radius 1 is 0.900 bits per heavy atom. The highest BCUT2D eigenvalue weighted by Gasteiger charge is 2.32. The van der Waals surface area contributed by atoms with Crippen molar-refractivity contribution in [3.8, 4) is 0 Å². The lowest BCUT2D eigenvalue weighted by Crippen LogP contribution is -2.48. The van der Waals surface area contributed by atoms with Gasteiger partial charge in [0.2, 0.25) is 0 Å². The van der Waals surface area contributed by atoms with Crippen LogP contribution >= 0.6 is 0 Å². The Morgan fingerprint density at radius 3 is 1.75 bits per heavy atom. The van der Waals surface area contributed by atoms with Gasteiger partial charge in [0.15, 0.2) is 0 Å². The Kier molecular flexibility index (Phi) is 11.8. The fourth-order valence-corrected chi connectivity index (χ4v) is 2.55. The van der Waals surface area contributed by atoms with Crippen LogP contribution in [0.25, 0.3) is 0 Å². The van der Waals surface area contributed by atoms with Crippen LogP contribution in [-0.2, 0) is 9.53 Å². The van der Waals surface area contributed by atoms with Crippen molar-refractivity contribution >= 4 is 5.97 Å². The van der Waals surface area contributed by atoms with Crippen LogP contribution in [0.4, 0.5) is 0 Å². The van der Waals surface area contributed by atoms with Crippen LogP contribution in [-0.4, -0.2) is 18.6 Å². The van der Waals surface area contributed by atoms with Gasteiger partial charge in [0.1, 0.15) is 5.54 Å². The minimum atomic E-state index is -0.769. The van der Waals surface area contributed by atoms with Crippen LogP contribution in [0, 0.1) is 0 Å². The van der Waals surface area contributed by atoms with E-state index in [0.717, 1.165) is 12.8 Å². The zero-order chi connectivity index (χ0) is 15.3. The molecule has 2 N–H and O–H groups in total. The molecule has 0 radical (unpaired) electrons. The zero-order valence-electron chi connectivity index (χ0n) is 13.9. The highest BCUT2D eigenvalue weighted by Crippen LogP contribution is 2.19. The number of carbonyl (C=O) groups is 1. The van der Waals surface area contributed by atoms with Crippen molar-refractivity contribution in [2.45, 2.75) is 96.4 Å². The molecule has 20 heavy (non-hydrogen) atoms. The molecule has 1 atom stereocenters. The normalized spacial score (nSPS) is 14.0. The molecule has 0 spiro atoms. The van der Waals surface area contributed by atoms with Crippen LogP contribution in [0.2, 0.25) is 0 Å². The van der Waals surface area contributed by atoms with Crippen molar-refractivity contribution in [2.24, 2.45) is 5.73 Å². The Labute approximate surface area is 125 Å². The monoisotopic (exact) mass is 285 g/mol. The van der Waals surface area contributed by atoms with E-state index in [2.05, 4.69) is 6.92 Å². The lowest BCUT2D eigenvalue weighted by Gasteiger charge is -2.24. The highest BCUT2D eigenvalue weighted by atomic mass is 16.5. The number of hydrogen-bond acceptors (Lipinski definition) is 3. The molecular weight excluding hydrogens is 250 g/mol. The number of ether oxygens (including phenoxy) is 1. The summed E-state index contributed by atoms with van der Waals surface area (Å²) < 4.78 is 4.78. The first-order valence-electron chi connectivity index (χ1n) is 8.48. The quantitative estimate of drug-likeness (QED) is 0.398. The number of nitrogens with two attached hydrogens (primary N) is 1. The van der Waals surface area contributed by atoms with Crippen molar-refractivity contribution in [2.75, 3.05) is 7.11 Å². The number of methoxy groups -OCH3 is 1. The second kappa shape index (κ2) is 12.2. The summed E-state index contributed by atoms with van der Waals surface area (Å²) >= 11 is 0. The second-order valence-corrected chi connectivity index (χ2v) is 5.93. The molecule has 0 saturated heterocycles. The zero-order valence-corrected chi connectivity index (χ0v) is 13.9. The number of esters is 1. The SMILES string of the molecule is CCCCCCCCCCCCC(N)(CC)C(=O)OC. The Hall–Kier alpha value is -0.570. The van der Waals surface area contributed by atoms with Crippen molar-refractivity contribution < 1.29 is 9.53 Å². The summed E-state index contributed by atoms with van der Waals surface area (Å²) in [5.74, 6) is -0.268. The number of rotatable bonds is 13. The van der Waals surface area contributed by atoms with Crippen LogP contribution in [0.5, 0.6) is 0 Å². The van der Waals surface area contributed by atoms with Gasteiger partial charge in [-0.25, -0.2) is 0 Å². The summed E-state index contributed by atoms with van der Waals surface area (Å²) in [4.78, 5) is 11.6. The maximum Gasteiger partial charge on any atom is 0.325 e. The van der Waals surface area contributed by atoms with Crippen LogP contribution < -0.4 is 5.73 Å². The largest absolute Gasteiger partial charge is 0.468 e. The fourth-order valence-electron chi connectivity index (χ4n) is 2.55. The molecule has 0 saturated carbocycles. The number of carbonyl (C=O) groups excluding carboxylic acids is 1. The molecule has 3 nitrogen and oxygen atoms in total. The van der Waals surface area contributed by atoms with Gasteiger partial charge in [0, 0.05) is 0 Å². The average molecular weight is 285 g/mol. The molecule has 0 fully saturated rings. The van der Waals surface area contributed by atoms with Crippen LogP contribution in [0.1, 0.15) is 90.9 Å². The molecule has 120 valence electrons. The highest BCUT2D eigenvalue weighted by molar-refractivity contribution is 5.80. The lowest BCUT2D eigenvalue weighted by molar-refractivity contribution is -0.147. The molecule has 0 aromatic carbocycles. The molecule has 3 heteroatoms. The molecule has 0 amide bonds. The van der Waals surface area contributed by atoms with Gasteiger partial charge >= 0.3 is 5.97 Å². The van der Waals surface area contributed by atoms with Gasteiger partial charge in [-0.3, -0.25) is 4.79 Å². The number of unbranched alkanes of at least 4 members (excludes halogenated alkanes) is 9. The fraction of sp³-hybridized carbons (Fsp3) is 0.941. The minimum absolute atomic E-state index is 0.268. The first-order valence-corrected chi connectivity index (χ1v) is 8.48. The van der Waals surface area contributed by atoms with Gasteiger partial charge in [0.25, 0.3) is 0 Å². The van der Waals surface area contributed by atoms with Gasteiger partial charge in [-0.1, -0.05) is 78.1 Å². The van der Waals surface area contributed by atoms with Gasteiger partial charge in [-0.15, -0.1) is 0 Å². The summed E-state index contributed by atoms with van der Waals surface area (Å²) in [5, 5.41) is 0. The maximum atomic E-state index is 11.6. The van der Waals surface area contributed by atoms with E-state index in [4.69, 9.17) is 10.5 Å². The van der Waals surface area contributed by atoms with Gasteiger partial charge in [0.05, 0.1) is 7.11 Å². The molecule has 0 heterocycles.